The highest BCUT2D eigenvalue weighted by Gasteiger charge is 2.19. The van der Waals surface area contributed by atoms with Gasteiger partial charge in [-0.1, -0.05) is 11.6 Å². The van der Waals surface area contributed by atoms with Gasteiger partial charge in [-0.2, -0.15) is 0 Å². The van der Waals surface area contributed by atoms with Crippen molar-refractivity contribution >= 4 is 34.4 Å². The van der Waals surface area contributed by atoms with Gasteiger partial charge in [-0.25, -0.2) is 15.0 Å². The fourth-order valence-corrected chi connectivity index (χ4v) is 2.88. The number of H-pyrrole nitrogens is 1. The van der Waals surface area contributed by atoms with Crippen molar-refractivity contribution in [1.29, 1.82) is 0 Å². The molecule has 8 heteroatoms. The van der Waals surface area contributed by atoms with Crippen LogP contribution in [0, 0.1) is 0 Å². The number of halogens is 1. The standard InChI is InChI=1S/C18H13ClN6O/c1-10(26)23-14-9-11(4-7-20-14)16-15(18-22-8-5-13(19)25-18)17-12(24-16)3-2-6-21-17/h2-9,24H,1H3,(H,20,23,26). The summed E-state index contributed by atoms with van der Waals surface area (Å²) in [6, 6.07) is 9.01. The first-order chi connectivity index (χ1) is 12.6. The Hall–Kier alpha value is -3.32. The molecule has 0 bridgehead atoms. The van der Waals surface area contributed by atoms with Gasteiger partial charge < -0.3 is 10.3 Å². The lowest BCUT2D eigenvalue weighted by Gasteiger charge is -2.06. The summed E-state index contributed by atoms with van der Waals surface area (Å²) in [6.45, 7) is 1.44. The minimum Gasteiger partial charge on any atom is -0.353 e. The molecular weight excluding hydrogens is 352 g/mol. The molecule has 128 valence electrons. The average molecular weight is 365 g/mol. The van der Waals surface area contributed by atoms with Gasteiger partial charge in [0.2, 0.25) is 5.91 Å². The van der Waals surface area contributed by atoms with Crippen molar-refractivity contribution in [3.8, 4) is 22.6 Å². The summed E-state index contributed by atoms with van der Waals surface area (Å²) in [5.41, 5.74) is 3.92. The lowest BCUT2D eigenvalue weighted by atomic mass is 10.1. The second-order valence-electron chi connectivity index (χ2n) is 5.59. The Kier molecular flexibility index (Phi) is 4.06. The van der Waals surface area contributed by atoms with Crippen LogP contribution in [-0.2, 0) is 4.79 Å². The highest BCUT2D eigenvalue weighted by atomic mass is 35.5. The summed E-state index contributed by atoms with van der Waals surface area (Å²) in [4.78, 5) is 32.0. The fourth-order valence-electron chi connectivity index (χ4n) is 2.75. The van der Waals surface area contributed by atoms with Gasteiger partial charge in [0.25, 0.3) is 0 Å². The molecule has 4 aromatic heterocycles. The molecule has 26 heavy (non-hydrogen) atoms. The Morgan fingerprint density at radius 1 is 1.12 bits per heavy atom. The van der Waals surface area contributed by atoms with Gasteiger partial charge in [0.05, 0.1) is 22.3 Å². The monoisotopic (exact) mass is 364 g/mol. The van der Waals surface area contributed by atoms with Crippen LogP contribution in [-0.4, -0.2) is 30.8 Å². The first kappa shape index (κ1) is 16.2. The molecule has 4 aromatic rings. The summed E-state index contributed by atoms with van der Waals surface area (Å²) in [6.07, 6.45) is 4.94. The summed E-state index contributed by atoms with van der Waals surface area (Å²) in [5, 5.41) is 3.03. The van der Waals surface area contributed by atoms with Crippen LogP contribution in [0.15, 0.2) is 48.9 Å². The van der Waals surface area contributed by atoms with E-state index in [1.165, 1.54) is 6.92 Å². The van der Waals surface area contributed by atoms with Crippen molar-refractivity contribution < 1.29 is 4.79 Å². The molecule has 4 heterocycles. The predicted octanol–water partition coefficient (Wildman–Crippen LogP) is 3.69. The summed E-state index contributed by atoms with van der Waals surface area (Å²) >= 11 is 6.05. The molecule has 0 saturated heterocycles. The van der Waals surface area contributed by atoms with Crippen LogP contribution in [0.3, 0.4) is 0 Å². The number of nitrogens with zero attached hydrogens (tertiary/aromatic N) is 4. The summed E-state index contributed by atoms with van der Waals surface area (Å²) < 4.78 is 0. The second kappa shape index (κ2) is 6.53. The molecular formula is C18H13ClN6O. The van der Waals surface area contributed by atoms with E-state index in [1.54, 1.807) is 30.7 Å². The van der Waals surface area contributed by atoms with E-state index in [0.717, 1.165) is 27.9 Å². The van der Waals surface area contributed by atoms with Gasteiger partial charge in [0, 0.05) is 31.1 Å². The number of hydrogen-bond donors (Lipinski definition) is 2. The number of amides is 1. The zero-order chi connectivity index (χ0) is 18.1. The third-order valence-corrected chi connectivity index (χ3v) is 3.96. The van der Waals surface area contributed by atoms with Crippen LogP contribution in [0.2, 0.25) is 5.15 Å². The number of aromatic amines is 1. The van der Waals surface area contributed by atoms with Crippen LogP contribution < -0.4 is 5.32 Å². The third kappa shape index (κ3) is 3.00. The lowest BCUT2D eigenvalue weighted by Crippen LogP contribution is -2.07. The van der Waals surface area contributed by atoms with Crippen molar-refractivity contribution in [1.82, 2.24) is 24.9 Å². The lowest BCUT2D eigenvalue weighted by molar-refractivity contribution is -0.114. The van der Waals surface area contributed by atoms with Crippen LogP contribution in [0.25, 0.3) is 33.7 Å². The van der Waals surface area contributed by atoms with Gasteiger partial charge in [-0.15, -0.1) is 0 Å². The van der Waals surface area contributed by atoms with E-state index in [0.29, 0.717) is 16.8 Å². The van der Waals surface area contributed by atoms with Crippen LogP contribution in [0.4, 0.5) is 5.82 Å². The zero-order valence-electron chi connectivity index (χ0n) is 13.7. The summed E-state index contributed by atoms with van der Waals surface area (Å²) in [5.74, 6) is 0.737. The van der Waals surface area contributed by atoms with E-state index in [1.807, 2.05) is 18.2 Å². The second-order valence-corrected chi connectivity index (χ2v) is 5.98. The summed E-state index contributed by atoms with van der Waals surface area (Å²) in [7, 11) is 0. The Balaban J connectivity index is 1.96. The molecule has 2 N–H and O–H groups in total. The third-order valence-electron chi connectivity index (χ3n) is 3.75. The highest BCUT2D eigenvalue weighted by molar-refractivity contribution is 6.29. The van der Waals surface area contributed by atoms with Gasteiger partial charge in [-0.3, -0.25) is 9.78 Å². The zero-order valence-corrected chi connectivity index (χ0v) is 14.4. The fraction of sp³-hybridized carbons (Fsp3) is 0.0556. The average Bonchev–Trinajstić information content (AvgIpc) is 3.01. The molecule has 0 aliphatic carbocycles. The minimum absolute atomic E-state index is 0.189. The molecule has 0 spiro atoms. The number of fused-ring (bicyclic) bond motifs is 1. The Morgan fingerprint density at radius 2 is 1.96 bits per heavy atom. The van der Waals surface area contributed by atoms with Crippen LogP contribution in [0.5, 0.6) is 0 Å². The van der Waals surface area contributed by atoms with E-state index in [4.69, 9.17) is 11.6 Å². The first-order valence-corrected chi connectivity index (χ1v) is 8.19. The Bertz CT molecular complexity index is 1120. The van der Waals surface area contributed by atoms with Crippen molar-refractivity contribution in [3.05, 3.63) is 54.1 Å². The molecule has 0 saturated carbocycles. The molecule has 0 radical (unpaired) electrons. The quantitative estimate of drug-likeness (QED) is 0.540. The van der Waals surface area contributed by atoms with E-state index >= 15 is 0 Å². The van der Waals surface area contributed by atoms with Crippen molar-refractivity contribution in [2.24, 2.45) is 0 Å². The van der Waals surface area contributed by atoms with E-state index < -0.39 is 0 Å². The Labute approximate surface area is 153 Å². The number of hydrogen-bond acceptors (Lipinski definition) is 5. The maximum Gasteiger partial charge on any atom is 0.222 e. The molecule has 1 amide bonds. The minimum atomic E-state index is -0.189. The van der Waals surface area contributed by atoms with Crippen LogP contribution in [0.1, 0.15) is 6.92 Å². The van der Waals surface area contributed by atoms with Crippen LogP contribution >= 0.6 is 11.6 Å². The van der Waals surface area contributed by atoms with Crippen molar-refractivity contribution in [2.75, 3.05) is 5.32 Å². The number of carbonyl (C=O) groups is 1. The topological polar surface area (TPSA) is 96.5 Å². The number of rotatable bonds is 3. The maximum atomic E-state index is 11.3. The number of pyridine rings is 2. The van der Waals surface area contributed by atoms with Gasteiger partial charge in [-0.05, 0) is 30.3 Å². The molecule has 0 unspecified atom stereocenters. The SMILES string of the molecule is CC(=O)Nc1cc(-c2[nH]c3cccnc3c2-c2nccc(Cl)n2)ccn1. The maximum absolute atomic E-state index is 11.3. The largest absolute Gasteiger partial charge is 0.353 e. The van der Waals surface area contributed by atoms with Crippen molar-refractivity contribution in [2.45, 2.75) is 6.92 Å². The number of aromatic nitrogens is 5. The van der Waals surface area contributed by atoms with E-state index in [-0.39, 0.29) is 5.91 Å². The Morgan fingerprint density at radius 3 is 2.77 bits per heavy atom. The van der Waals surface area contributed by atoms with E-state index in [2.05, 4.69) is 30.2 Å². The molecule has 0 fully saturated rings. The van der Waals surface area contributed by atoms with Gasteiger partial charge in [0.15, 0.2) is 5.82 Å². The number of anilines is 1. The molecule has 0 aliphatic rings. The number of nitrogens with one attached hydrogen (secondary N) is 2. The smallest absolute Gasteiger partial charge is 0.222 e. The normalized spacial score (nSPS) is 10.8. The first-order valence-electron chi connectivity index (χ1n) is 7.81. The molecule has 0 aliphatic heterocycles. The molecule has 7 nitrogen and oxygen atoms in total. The number of carbonyl (C=O) groups excluding carboxylic acids is 1. The molecule has 4 rings (SSSR count). The predicted molar refractivity (Wildman–Crippen MR) is 99.7 cm³/mol. The van der Waals surface area contributed by atoms with Gasteiger partial charge in [0.1, 0.15) is 11.0 Å². The highest BCUT2D eigenvalue weighted by Crippen LogP contribution is 2.36. The molecule has 0 aromatic carbocycles. The van der Waals surface area contributed by atoms with E-state index in [9.17, 15) is 4.79 Å². The molecule has 0 atom stereocenters. The van der Waals surface area contributed by atoms with Crippen molar-refractivity contribution in [3.63, 3.8) is 0 Å². The van der Waals surface area contributed by atoms with Gasteiger partial charge >= 0.3 is 0 Å².